The molecule has 2 heteroatoms. The molecule has 1 N–H and O–H groups in total. The molecule has 0 radical (unpaired) electrons. The van der Waals surface area contributed by atoms with E-state index in [1.54, 1.807) is 0 Å². The summed E-state index contributed by atoms with van der Waals surface area (Å²) in [7, 11) is 0. The summed E-state index contributed by atoms with van der Waals surface area (Å²) in [4.78, 5) is 6.09. The lowest BCUT2D eigenvalue weighted by atomic mass is 10.0. The quantitative estimate of drug-likeness (QED) is 0.736. The second-order valence-electron chi connectivity index (χ2n) is 5.51. The van der Waals surface area contributed by atoms with Gasteiger partial charge in [-0.25, -0.2) is 0 Å². The standard InChI is InChI=1S/C18H18N2/c1-2-7-14(8-3-1)13-20-12-6-10-16-15-9-4-5-11-17(15)19-18(16)20/h1-5,7-9,11,19H,6,10,12-13H2. The molecule has 0 amide bonds. The Balaban J connectivity index is 1.75. The third kappa shape index (κ3) is 1.88. The van der Waals surface area contributed by atoms with Crippen molar-refractivity contribution < 1.29 is 0 Å². The minimum atomic E-state index is 0.987. The van der Waals surface area contributed by atoms with E-state index in [1.165, 1.54) is 40.7 Å². The van der Waals surface area contributed by atoms with Crippen LogP contribution in [0.4, 0.5) is 5.82 Å². The number of aromatic amines is 1. The lowest BCUT2D eigenvalue weighted by Crippen LogP contribution is -2.28. The lowest BCUT2D eigenvalue weighted by molar-refractivity contribution is 0.687. The first kappa shape index (κ1) is 11.6. The number of H-pyrrole nitrogens is 1. The lowest BCUT2D eigenvalue weighted by Gasteiger charge is -2.29. The molecule has 0 saturated carbocycles. The van der Waals surface area contributed by atoms with Gasteiger partial charge in [-0.2, -0.15) is 0 Å². The minimum absolute atomic E-state index is 0.987. The molecule has 0 unspecified atom stereocenters. The van der Waals surface area contributed by atoms with Crippen molar-refractivity contribution in [1.82, 2.24) is 4.98 Å². The number of benzene rings is 2. The molecule has 3 aromatic rings. The SMILES string of the molecule is c1ccc(CN2CCCc3c2[nH]c2ccccc32)cc1. The van der Waals surface area contributed by atoms with E-state index in [1.807, 2.05) is 0 Å². The highest BCUT2D eigenvalue weighted by atomic mass is 15.2. The number of aromatic nitrogens is 1. The predicted octanol–water partition coefficient (Wildman–Crippen LogP) is 4.12. The third-order valence-electron chi connectivity index (χ3n) is 4.18. The van der Waals surface area contributed by atoms with Gasteiger partial charge in [0.25, 0.3) is 0 Å². The van der Waals surface area contributed by atoms with Gasteiger partial charge in [0.1, 0.15) is 5.82 Å². The molecule has 4 rings (SSSR count). The third-order valence-corrected chi connectivity index (χ3v) is 4.18. The summed E-state index contributed by atoms with van der Waals surface area (Å²) in [5.74, 6) is 1.32. The van der Waals surface area contributed by atoms with Crippen molar-refractivity contribution in [2.45, 2.75) is 19.4 Å². The second kappa shape index (κ2) is 4.71. The average Bonchev–Trinajstić information content (AvgIpc) is 2.88. The fourth-order valence-corrected chi connectivity index (χ4v) is 3.23. The van der Waals surface area contributed by atoms with Gasteiger partial charge in [-0.3, -0.25) is 0 Å². The molecule has 2 aromatic carbocycles. The van der Waals surface area contributed by atoms with Crippen molar-refractivity contribution in [2.24, 2.45) is 0 Å². The fourth-order valence-electron chi connectivity index (χ4n) is 3.23. The van der Waals surface area contributed by atoms with Crippen LogP contribution in [0.5, 0.6) is 0 Å². The monoisotopic (exact) mass is 262 g/mol. The molecular formula is C18H18N2. The molecule has 0 bridgehead atoms. The molecule has 2 heterocycles. The van der Waals surface area contributed by atoms with Gasteiger partial charge in [-0.05, 0) is 24.5 Å². The number of aryl methyl sites for hydroxylation is 1. The number of nitrogens with one attached hydrogen (secondary N) is 1. The fraction of sp³-hybridized carbons (Fsp3) is 0.222. The summed E-state index contributed by atoms with van der Waals surface area (Å²) >= 11 is 0. The van der Waals surface area contributed by atoms with Crippen LogP contribution >= 0.6 is 0 Å². The van der Waals surface area contributed by atoms with Crippen LogP contribution in [0.25, 0.3) is 10.9 Å². The van der Waals surface area contributed by atoms with Crippen molar-refractivity contribution in [3.05, 3.63) is 65.7 Å². The van der Waals surface area contributed by atoms with Crippen LogP contribution in [0.3, 0.4) is 0 Å². The van der Waals surface area contributed by atoms with Gasteiger partial charge < -0.3 is 9.88 Å². The van der Waals surface area contributed by atoms with Crippen LogP contribution < -0.4 is 4.90 Å². The highest BCUT2D eigenvalue weighted by Gasteiger charge is 2.21. The number of nitrogens with zero attached hydrogens (tertiary/aromatic N) is 1. The van der Waals surface area contributed by atoms with Gasteiger partial charge in [-0.1, -0.05) is 48.5 Å². The van der Waals surface area contributed by atoms with Crippen molar-refractivity contribution in [2.75, 3.05) is 11.4 Å². The Morgan fingerprint density at radius 2 is 1.75 bits per heavy atom. The Morgan fingerprint density at radius 1 is 0.950 bits per heavy atom. The smallest absolute Gasteiger partial charge is 0.110 e. The summed E-state index contributed by atoms with van der Waals surface area (Å²) in [5, 5.41) is 1.39. The van der Waals surface area contributed by atoms with E-state index in [2.05, 4.69) is 64.5 Å². The zero-order valence-corrected chi connectivity index (χ0v) is 11.5. The maximum absolute atomic E-state index is 3.61. The molecule has 0 saturated heterocycles. The van der Waals surface area contributed by atoms with Crippen LogP contribution in [0.15, 0.2) is 54.6 Å². The summed E-state index contributed by atoms with van der Waals surface area (Å²) < 4.78 is 0. The largest absolute Gasteiger partial charge is 0.354 e. The van der Waals surface area contributed by atoms with Crippen molar-refractivity contribution in [3.63, 3.8) is 0 Å². The first-order chi connectivity index (χ1) is 9.92. The zero-order valence-electron chi connectivity index (χ0n) is 11.5. The summed E-state index contributed by atoms with van der Waals surface area (Å²) in [6.07, 6.45) is 2.42. The molecule has 1 aliphatic heterocycles. The maximum atomic E-state index is 3.61. The van der Waals surface area contributed by atoms with Crippen molar-refractivity contribution in [1.29, 1.82) is 0 Å². The molecular weight excluding hydrogens is 244 g/mol. The Morgan fingerprint density at radius 3 is 2.65 bits per heavy atom. The first-order valence-electron chi connectivity index (χ1n) is 7.30. The zero-order chi connectivity index (χ0) is 13.4. The molecule has 1 aliphatic rings. The Hall–Kier alpha value is -2.22. The van der Waals surface area contributed by atoms with E-state index >= 15 is 0 Å². The molecule has 0 aliphatic carbocycles. The Bertz CT molecular complexity index is 728. The Labute approximate surface area is 119 Å². The van der Waals surface area contributed by atoms with E-state index in [0.29, 0.717) is 0 Å². The number of hydrogen-bond acceptors (Lipinski definition) is 1. The molecule has 0 atom stereocenters. The number of rotatable bonds is 2. The number of fused-ring (bicyclic) bond motifs is 3. The van der Waals surface area contributed by atoms with Gasteiger partial charge in [0.2, 0.25) is 0 Å². The van der Waals surface area contributed by atoms with E-state index in [9.17, 15) is 0 Å². The van der Waals surface area contributed by atoms with Crippen LogP contribution in [0, 0.1) is 0 Å². The van der Waals surface area contributed by atoms with Gasteiger partial charge in [-0.15, -0.1) is 0 Å². The highest BCUT2D eigenvalue weighted by molar-refractivity contribution is 5.89. The molecule has 0 fully saturated rings. The Kier molecular flexibility index (Phi) is 2.73. The molecule has 1 aromatic heterocycles. The van der Waals surface area contributed by atoms with Crippen LogP contribution in [-0.2, 0) is 13.0 Å². The summed E-state index contributed by atoms with van der Waals surface area (Å²) in [6, 6.07) is 19.4. The van der Waals surface area contributed by atoms with Crippen molar-refractivity contribution in [3.8, 4) is 0 Å². The predicted molar refractivity (Wildman–Crippen MR) is 84.1 cm³/mol. The number of hydrogen-bond donors (Lipinski definition) is 1. The number of anilines is 1. The molecule has 0 spiro atoms. The highest BCUT2D eigenvalue weighted by Crippen LogP contribution is 2.34. The number of para-hydroxylation sites is 1. The average molecular weight is 262 g/mol. The van der Waals surface area contributed by atoms with Crippen LogP contribution in [0.1, 0.15) is 17.5 Å². The molecule has 2 nitrogen and oxygen atoms in total. The first-order valence-corrected chi connectivity index (χ1v) is 7.30. The maximum Gasteiger partial charge on any atom is 0.110 e. The normalized spacial score (nSPS) is 14.5. The van der Waals surface area contributed by atoms with Gasteiger partial charge in [0.05, 0.1) is 0 Å². The van der Waals surface area contributed by atoms with Crippen molar-refractivity contribution >= 4 is 16.7 Å². The van der Waals surface area contributed by atoms with E-state index < -0.39 is 0 Å². The van der Waals surface area contributed by atoms with E-state index in [4.69, 9.17) is 0 Å². The van der Waals surface area contributed by atoms with Gasteiger partial charge in [0, 0.05) is 29.6 Å². The van der Waals surface area contributed by atoms with E-state index in [-0.39, 0.29) is 0 Å². The minimum Gasteiger partial charge on any atom is -0.354 e. The second-order valence-corrected chi connectivity index (χ2v) is 5.51. The van der Waals surface area contributed by atoms with Gasteiger partial charge in [0.15, 0.2) is 0 Å². The van der Waals surface area contributed by atoms with Crippen LogP contribution in [0.2, 0.25) is 0 Å². The topological polar surface area (TPSA) is 19.0 Å². The van der Waals surface area contributed by atoms with E-state index in [0.717, 1.165) is 13.1 Å². The molecule has 100 valence electrons. The summed E-state index contributed by atoms with van der Waals surface area (Å²) in [5.41, 5.74) is 4.12. The van der Waals surface area contributed by atoms with Gasteiger partial charge >= 0.3 is 0 Å². The summed E-state index contributed by atoms with van der Waals surface area (Å²) in [6.45, 7) is 2.12. The van der Waals surface area contributed by atoms with Crippen LogP contribution in [-0.4, -0.2) is 11.5 Å². The molecule has 20 heavy (non-hydrogen) atoms.